The third kappa shape index (κ3) is 3.92. The van der Waals surface area contributed by atoms with E-state index in [-0.39, 0.29) is 12.4 Å². The molecule has 0 aliphatic rings. The molecular formula is C16H17F2NO2. The molecule has 0 heterocycles. The number of anilines is 1. The van der Waals surface area contributed by atoms with Crippen molar-refractivity contribution in [3.63, 3.8) is 0 Å². The summed E-state index contributed by atoms with van der Waals surface area (Å²) in [7, 11) is 0. The van der Waals surface area contributed by atoms with Crippen molar-refractivity contribution in [2.24, 2.45) is 0 Å². The van der Waals surface area contributed by atoms with Crippen LogP contribution in [0.5, 0.6) is 5.75 Å². The van der Waals surface area contributed by atoms with Crippen molar-refractivity contribution in [2.45, 2.75) is 19.6 Å². The van der Waals surface area contributed by atoms with Gasteiger partial charge in [0.1, 0.15) is 5.75 Å². The Kier molecular flexibility index (Phi) is 5.11. The van der Waals surface area contributed by atoms with E-state index >= 15 is 0 Å². The Morgan fingerprint density at radius 2 is 1.76 bits per heavy atom. The van der Waals surface area contributed by atoms with E-state index in [1.165, 1.54) is 6.07 Å². The molecule has 0 aliphatic heterocycles. The molecule has 0 aliphatic carbocycles. The van der Waals surface area contributed by atoms with Gasteiger partial charge in [0.05, 0.1) is 12.6 Å². The van der Waals surface area contributed by atoms with Gasteiger partial charge in [0, 0.05) is 11.3 Å². The maximum Gasteiger partial charge on any atom is 0.387 e. The van der Waals surface area contributed by atoms with E-state index in [1.807, 2.05) is 31.2 Å². The number of nitrogens with one attached hydrogen (secondary N) is 1. The minimum Gasteiger partial charge on any atom is -0.434 e. The van der Waals surface area contributed by atoms with Crippen molar-refractivity contribution in [3.05, 3.63) is 59.7 Å². The summed E-state index contributed by atoms with van der Waals surface area (Å²) in [5.74, 6) is 0.0626. The van der Waals surface area contributed by atoms with E-state index in [1.54, 1.807) is 18.2 Å². The van der Waals surface area contributed by atoms with Crippen molar-refractivity contribution in [3.8, 4) is 5.75 Å². The first-order valence-corrected chi connectivity index (χ1v) is 6.58. The zero-order chi connectivity index (χ0) is 15.2. The predicted molar refractivity (Wildman–Crippen MR) is 77.7 cm³/mol. The van der Waals surface area contributed by atoms with Gasteiger partial charge in [-0.1, -0.05) is 36.4 Å². The van der Waals surface area contributed by atoms with Crippen molar-refractivity contribution in [2.75, 3.05) is 11.9 Å². The van der Waals surface area contributed by atoms with Gasteiger partial charge >= 0.3 is 6.61 Å². The first-order chi connectivity index (χ1) is 10.1. The highest BCUT2D eigenvalue weighted by atomic mass is 19.3. The van der Waals surface area contributed by atoms with E-state index in [0.29, 0.717) is 5.56 Å². The number of hydrogen-bond acceptors (Lipinski definition) is 3. The molecule has 0 spiro atoms. The molecule has 1 atom stereocenters. The standard InChI is InChI=1S/C16H17F2NO2/c1-11-6-2-4-8-13(11)19-14(10-20)12-7-3-5-9-15(12)21-16(17)18/h2-9,14,16,19-20H,10H2,1H3. The lowest BCUT2D eigenvalue weighted by atomic mass is 10.1. The monoisotopic (exact) mass is 293 g/mol. The van der Waals surface area contributed by atoms with E-state index in [4.69, 9.17) is 0 Å². The van der Waals surface area contributed by atoms with Gasteiger partial charge in [-0.05, 0) is 24.6 Å². The summed E-state index contributed by atoms with van der Waals surface area (Å²) in [6.07, 6.45) is 0. The highest BCUT2D eigenvalue weighted by Gasteiger charge is 2.18. The number of aryl methyl sites for hydroxylation is 1. The van der Waals surface area contributed by atoms with E-state index in [0.717, 1.165) is 11.3 Å². The fourth-order valence-electron chi connectivity index (χ4n) is 2.12. The van der Waals surface area contributed by atoms with Gasteiger partial charge in [0.15, 0.2) is 0 Å². The lowest BCUT2D eigenvalue weighted by Gasteiger charge is -2.21. The molecule has 0 radical (unpaired) electrons. The zero-order valence-corrected chi connectivity index (χ0v) is 11.6. The maximum atomic E-state index is 12.5. The average Bonchev–Trinajstić information content (AvgIpc) is 2.47. The molecule has 2 rings (SSSR count). The number of alkyl halides is 2. The number of ether oxygens (including phenoxy) is 1. The average molecular weight is 293 g/mol. The fourth-order valence-corrected chi connectivity index (χ4v) is 2.12. The number of aliphatic hydroxyl groups is 1. The van der Waals surface area contributed by atoms with Crippen LogP contribution in [0.2, 0.25) is 0 Å². The molecule has 0 saturated heterocycles. The summed E-state index contributed by atoms with van der Waals surface area (Å²) in [6, 6.07) is 13.5. The van der Waals surface area contributed by atoms with Crippen LogP contribution in [0.25, 0.3) is 0 Å². The summed E-state index contributed by atoms with van der Waals surface area (Å²) in [4.78, 5) is 0. The van der Waals surface area contributed by atoms with Gasteiger partial charge in [-0.15, -0.1) is 0 Å². The van der Waals surface area contributed by atoms with Crippen molar-refractivity contribution in [1.29, 1.82) is 0 Å². The Balaban J connectivity index is 2.27. The molecule has 112 valence electrons. The molecule has 2 aromatic carbocycles. The Hall–Kier alpha value is -2.14. The minimum absolute atomic E-state index is 0.0626. The van der Waals surface area contributed by atoms with Gasteiger partial charge in [-0.3, -0.25) is 0 Å². The third-order valence-corrected chi connectivity index (χ3v) is 3.17. The SMILES string of the molecule is Cc1ccccc1NC(CO)c1ccccc1OC(F)F. The van der Waals surface area contributed by atoms with Crippen LogP contribution in [0.15, 0.2) is 48.5 Å². The normalized spacial score (nSPS) is 12.2. The molecule has 0 fully saturated rings. The van der Waals surface area contributed by atoms with Crippen LogP contribution in [-0.2, 0) is 0 Å². The van der Waals surface area contributed by atoms with E-state index in [9.17, 15) is 13.9 Å². The Morgan fingerprint density at radius 3 is 2.43 bits per heavy atom. The number of benzene rings is 2. The van der Waals surface area contributed by atoms with Crippen LogP contribution in [0, 0.1) is 6.92 Å². The minimum atomic E-state index is -2.90. The van der Waals surface area contributed by atoms with Crippen LogP contribution in [-0.4, -0.2) is 18.3 Å². The first-order valence-electron chi connectivity index (χ1n) is 6.58. The third-order valence-electron chi connectivity index (χ3n) is 3.17. The van der Waals surface area contributed by atoms with Gasteiger partial charge < -0.3 is 15.2 Å². The lowest BCUT2D eigenvalue weighted by molar-refractivity contribution is -0.0507. The van der Waals surface area contributed by atoms with Crippen molar-refractivity contribution in [1.82, 2.24) is 0 Å². The number of hydrogen-bond donors (Lipinski definition) is 2. The first kappa shape index (κ1) is 15.3. The van der Waals surface area contributed by atoms with Crippen LogP contribution < -0.4 is 10.1 Å². The van der Waals surface area contributed by atoms with Crippen LogP contribution >= 0.6 is 0 Å². The molecule has 2 aromatic rings. The molecule has 0 amide bonds. The van der Waals surface area contributed by atoms with Gasteiger partial charge in [0.25, 0.3) is 0 Å². The van der Waals surface area contributed by atoms with Gasteiger partial charge in [-0.25, -0.2) is 0 Å². The van der Waals surface area contributed by atoms with Crippen LogP contribution in [0.1, 0.15) is 17.2 Å². The summed E-state index contributed by atoms with van der Waals surface area (Å²) < 4.78 is 29.4. The van der Waals surface area contributed by atoms with Crippen molar-refractivity contribution >= 4 is 5.69 Å². The smallest absolute Gasteiger partial charge is 0.387 e. The highest BCUT2D eigenvalue weighted by molar-refractivity contribution is 5.53. The maximum absolute atomic E-state index is 12.5. The molecule has 3 nitrogen and oxygen atoms in total. The number of halogens is 2. The second-order valence-electron chi connectivity index (χ2n) is 4.61. The topological polar surface area (TPSA) is 41.5 Å². The highest BCUT2D eigenvalue weighted by Crippen LogP contribution is 2.29. The largest absolute Gasteiger partial charge is 0.434 e. The Labute approximate surface area is 122 Å². The quantitative estimate of drug-likeness (QED) is 0.852. The Morgan fingerprint density at radius 1 is 1.10 bits per heavy atom. The Bertz CT molecular complexity index is 590. The number of aliphatic hydroxyl groups excluding tert-OH is 1. The molecule has 5 heteroatoms. The summed E-state index contributed by atoms with van der Waals surface area (Å²) in [5.41, 5.74) is 2.33. The van der Waals surface area contributed by atoms with Crippen LogP contribution in [0.4, 0.5) is 14.5 Å². The molecule has 1 unspecified atom stereocenters. The summed E-state index contributed by atoms with van der Waals surface area (Å²) >= 11 is 0. The van der Waals surface area contributed by atoms with Gasteiger partial charge in [0.2, 0.25) is 0 Å². The van der Waals surface area contributed by atoms with E-state index in [2.05, 4.69) is 10.1 Å². The number of para-hydroxylation sites is 2. The molecule has 0 saturated carbocycles. The molecule has 0 bridgehead atoms. The summed E-state index contributed by atoms with van der Waals surface area (Å²) in [6.45, 7) is -1.21. The molecule has 2 N–H and O–H groups in total. The number of rotatable bonds is 6. The van der Waals surface area contributed by atoms with Crippen LogP contribution in [0.3, 0.4) is 0 Å². The molecule has 21 heavy (non-hydrogen) atoms. The van der Waals surface area contributed by atoms with Crippen molar-refractivity contribution < 1.29 is 18.6 Å². The fraction of sp³-hybridized carbons (Fsp3) is 0.250. The second-order valence-corrected chi connectivity index (χ2v) is 4.61. The van der Waals surface area contributed by atoms with Gasteiger partial charge in [-0.2, -0.15) is 8.78 Å². The zero-order valence-electron chi connectivity index (χ0n) is 11.6. The second kappa shape index (κ2) is 7.04. The molecular weight excluding hydrogens is 276 g/mol. The van der Waals surface area contributed by atoms with E-state index < -0.39 is 12.7 Å². The molecule has 0 aromatic heterocycles. The summed E-state index contributed by atoms with van der Waals surface area (Å²) in [5, 5.41) is 12.7. The predicted octanol–water partition coefficient (Wildman–Crippen LogP) is 3.74. The lowest BCUT2D eigenvalue weighted by Crippen LogP contribution is -2.17.